The van der Waals surface area contributed by atoms with Crippen LogP contribution in [0.15, 0.2) is 88.6 Å². The van der Waals surface area contributed by atoms with Crippen LogP contribution in [0.3, 0.4) is 0 Å². The summed E-state index contributed by atoms with van der Waals surface area (Å²) in [5.41, 5.74) is 4.46. The van der Waals surface area contributed by atoms with Crippen molar-refractivity contribution in [2.45, 2.75) is 25.7 Å². The molecule has 38 heavy (non-hydrogen) atoms. The summed E-state index contributed by atoms with van der Waals surface area (Å²) in [6, 6.07) is 19.9. The van der Waals surface area contributed by atoms with Gasteiger partial charge >= 0.3 is 0 Å². The number of ether oxygens (including phenoxy) is 1. The molecule has 0 radical (unpaired) electrons. The molecule has 4 aromatic rings. The minimum atomic E-state index is -0.605. The van der Waals surface area contributed by atoms with Gasteiger partial charge in [-0.3, -0.25) is 9.59 Å². The molecule has 0 spiro atoms. The van der Waals surface area contributed by atoms with Crippen LogP contribution in [0.1, 0.15) is 24.3 Å². The second-order valence-electron chi connectivity index (χ2n) is 9.42. The zero-order valence-corrected chi connectivity index (χ0v) is 22.1. The Bertz CT molecular complexity index is 1680. The lowest BCUT2D eigenvalue weighted by Gasteiger charge is -2.24. The van der Waals surface area contributed by atoms with Crippen molar-refractivity contribution < 1.29 is 18.7 Å². The van der Waals surface area contributed by atoms with Crippen LogP contribution in [0.2, 0.25) is 0 Å². The molecule has 2 unspecified atom stereocenters. The number of halogens is 2. The molecule has 1 aromatic heterocycles. The Balaban J connectivity index is 1.36. The summed E-state index contributed by atoms with van der Waals surface area (Å²) in [6.45, 7) is 2.19. The van der Waals surface area contributed by atoms with Crippen molar-refractivity contribution in [1.82, 2.24) is 9.47 Å². The minimum Gasteiger partial charge on any atom is -0.341 e. The van der Waals surface area contributed by atoms with Gasteiger partial charge in [-0.1, -0.05) is 34.1 Å². The maximum Gasteiger partial charge on any atom is 0.270 e. The largest absolute Gasteiger partial charge is 0.341 e. The fraction of sp³-hybridized carbons (Fsp3) is 0.167. The van der Waals surface area contributed by atoms with Gasteiger partial charge in [-0.15, -0.1) is 0 Å². The summed E-state index contributed by atoms with van der Waals surface area (Å²) in [5, 5.41) is 1.47. The normalized spacial score (nSPS) is 18.4. The van der Waals surface area contributed by atoms with Gasteiger partial charge in [-0.2, -0.15) is 0 Å². The fourth-order valence-electron chi connectivity index (χ4n) is 4.95. The maximum atomic E-state index is 13.7. The van der Waals surface area contributed by atoms with Crippen molar-refractivity contribution in [2.24, 2.45) is 4.99 Å². The third-order valence-electron chi connectivity index (χ3n) is 6.89. The topological polar surface area (TPSA) is 63.9 Å². The Hall–Kier alpha value is -3.88. The molecule has 0 N–H and O–H groups in total. The second kappa shape index (κ2) is 9.78. The van der Waals surface area contributed by atoms with Gasteiger partial charge in [0.1, 0.15) is 11.9 Å². The smallest absolute Gasteiger partial charge is 0.270 e. The van der Waals surface area contributed by atoms with Crippen LogP contribution < -0.4 is 10.6 Å². The summed E-state index contributed by atoms with van der Waals surface area (Å²) in [7, 11) is 0. The first-order valence-electron chi connectivity index (χ1n) is 12.3. The van der Waals surface area contributed by atoms with Crippen LogP contribution in [-0.4, -0.2) is 33.9 Å². The highest BCUT2D eigenvalue weighted by Gasteiger charge is 2.40. The Labute approximate surface area is 226 Å². The van der Waals surface area contributed by atoms with Crippen LogP contribution >= 0.6 is 15.9 Å². The van der Waals surface area contributed by atoms with E-state index in [1.54, 1.807) is 24.0 Å². The molecule has 2 amide bonds. The van der Waals surface area contributed by atoms with Crippen molar-refractivity contribution >= 4 is 33.8 Å². The molecule has 0 saturated carbocycles. The minimum absolute atomic E-state index is 0.0886. The van der Waals surface area contributed by atoms with Gasteiger partial charge in [-0.05, 0) is 73.0 Å². The number of hydrogen-bond acceptors (Lipinski definition) is 3. The highest BCUT2D eigenvalue weighted by molar-refractivity contribution is 9.10. The first kappa shape index (κ1) is 24.5. The molecule has 2 aliphatic rings. The number of benzene rings is 3. The lowest BCUT2D eigenvalue weighted by molar-refractivity contribution is -0.130. The monoisotopic (exact) mass is 571 g/mol. The lowest BCUT2D eigenvalue weighted by atomic mass is 10.0. The molecule has 6 nitrogen and oxygen atoms in total. The zero-order chi connectivity index (χ0) is 26.4. The Morgan fingerprint density at radius 1 is 1.00 bits per heavy atom. The van der Waals surface area contributed by atoms with Gasteiger partial charge < -0.3 is 14.2 Å². The van der Waals surface area contributed by atoms with E-state index in [4.69, 9.17) is 4.74 Å². The van der Waals surface area contributed by atoms with Crippen molar-refractivity contribution in [3.8, 4) is 16.8 Å². The van der Waals surface area contributed by atoms with Crippen LogP contribution in [-0.2, 0) is 20.7 Å². The number of rotatable bonds is 6. The van der Waals surface area contributed by atoms with Gasteiger partial charge in [0.15, 0.2) is 6.23 Å². The van der Waals surface area contributed by atoms with E-state index in [1.807, 2.05) is 59.4 Å². The van der Waals surface area contributed by atoms with Crippen molar-refractivity contribution in [3.63, 3.8) is 0 Å². The van der Waals surface area contributed by atoms with Crippen LogP contribution in [0.4, 0.5) is 4.39 Å². The average Bonchev–Trinajstić information content (AvgIpc) is 3.58. The number of nitrogens with zero attached hydrogens (tertiary/aromatic N) is 3. The van der Waals surface area contributed by atoms with Crippen LogP contribution in [0.25, 0.3) is 22.9 Å². The first-order chi connectivity index (χ1) is 18.4. The number of fused-ring (bicyclic) bond motifs is 1. The predicted octanol–water partition coefficient (Wildman–Crippen LogP) is 4.47. The summed E-state index contributed by atoms with van der Waals surface area (Å²) < 4.78 is 22.9. The molecule has 0 aliphatic carbocycles. The van der Waals surface area contributed by atoms with Crippen LogP contribution in [0.5, 0.6) is 0 Å². The van der Waals surface area contributed by atoms with Crippen molar-refractivity contribution in [2.75, 3.05) is 6.54 Å². The molecule has 190 valence electrons. The molecule has 0 bridgehead atoms. The van der Waals surface area contributed by atoms with Gasteiger partial charge in [0.05, 0.1) is 5.36 Å². The first-order valence-corrected chi connectivity index (χ1v) is 13.1. The highest BCUT2D eigenvalue weighted by atomic mass is 79.9. The van der Waals surface area contributed by atoms with E-state index in [-0.39, 0.29) is 17.6 Å². The number of amides is 2. The summed E-state index contributed by atoms with van der Waals surface area (Å²) in [5.74, 6) is -0.654. The molecule has 8 heteroatoms. The van der Waals surface area contributed by atoms with Crippen LogP contribution in [0, 0.1) is 5.82 Å². The zero-order valence-electron chi connectivity index (χ0n) is 20.5. The Morgan fingerprint density at radius 3 is 2.53 bits per heavy atom. The third-order valence-corrected chi connectivity index (χ3v) is 7.42. The average molecular weight is 572 g/mol. The van der Waals surface area contributed by atoms with E-state index in [0.29, 0.717) is 18.3 Å². The van der Waals surface area contributed by atoms with Crippen molar-refractivity contribution in [1.29, 1.82) is 0 Å². The van der Waals surface area contributed by atoms with E-state index in [9.17, 15) is 14.0 Å². The number of aromatic nitrogens is 1. The Morgan fingerprint density at radius 2 is 1.76 bits per heavy atom. The standard InChI is InChI=1S/C30H23BrFN3O3/c1-18-29(37)35(13-12-19-2-11-27-21(14-19)15-28(36)33-27)30(38-18)26-17-34(24-9-5-22(31)6-10-24)16-25(26)20-3-7-23(32)8-4-20/h2-11,14-18,30H,12-13H2,1H3. The van der Waals surface area contributed by atoms with Gasteiger partial charge in [0.2, 0.25) is 0 Å². The van der Waals surface area contributed by atoms with E-state index < -0.39 is 12.3 Å². The summed E-state index contributed by atoms with van der Waals surface area (Å²) >= 11 is 3.48. The molecule has 1 fully saturated rings. The molecular weight excluding hydrogens is 549 g/mol. The van der Waals surface area contributed by atoms with E-state index in [0.717, 1.165) is 37.6 Å². The summed E-state index contributed by atoms with van der Waals surface area (Å²) in [6.07, 6.45) is 4.87. The lowest BCUT2D eigenvalue weighted by Crippen LogP contribution is -2.32. The molecule has 1 saturated heterocycles. The van der Waals surface area contributed by atoms with Gasteiger partial charge in [0.25, 0.3) is 11.8 Å². The van der Waals surface area contributed by atoms with E-state index in [1.165, 1.54) is 18.2 Å². The third kappa shape index (κ3) is 4.61. The maximum absolute atomic E-state index is 13.7. The van der Waals surface area contributed by atoms with Crippen molar-refractivity contribution in [3.05, 3.63) is 111 Å². The fourth-order valence-corrected chi connectivity index (χ4v) is 5.22. The van der Waals surface area contributed by atoms with E-state index in [2.05, 4.69) is 20.9 Å². The summed E-state index contributed by atoms with van der Waals surface area (Å²) in [4.78, 5) is 30.6. The highest BCUT2D eigenvalue weighted by Crippen LogP contribution is 2.38. The molecule has 2 atom stereocenters. The number of carbonyl (C=O) groups is 2. The molecule has 2 aliphatic heterocycles. The molecule has 3 aromatic carbocycles. The van der Waals surface area contributed by atoms with Gasteiger partial charge in [-0.25, -0.2) is 9.38 Å². The van der Waals surface area contributed by atoms with E-state index >= 15 is 0 Å². The quantitative estimate of drug-likeness (QED) is 0.343. The molecule has 3 heterocycles. The second-order valence-corrected chi connectivity index (χ2v) is 10.3. The SMILES string of the molecule is CC1OC(c2cn(-c3ccc(Br)cc3)cc2-c2ccc(F)cc2)N(CCc2ccc3c(c2)=CC(=O)N=3)C1=O. The molecule has 6 rings (SSSR count). The molecular formula is C30H23BrFN3O3. The predicted molar refractivity (Wildman–Crippen MR) is 144 cm³/mol. The van der Waals surface area contributed by atoms with Gasteiger partial charge in [0, 0.05) is 51.5 Å². The number of carbonyl (C=O) groups excluding carboxylic acids is 2. The Kier molecular flexibility index (Phi) is 6.29. The number of hydrogen-bond donors (Lipinski definition) is 0.